The third kappa shape index (κ3) is 6.91. The Labute approximate surface area is 193 Å². The molecule has 0 aliphatic carbocycles. The molecule has 0 radical (unpaired) electrons. The molecule has 0 bridgehead atoms. The predicted octanol–water partition coefficient (Wildman–Crippen LogP) is 2.51. The molecule has 0 saturated carbocycles. The van der Waals surface area contributed by atoms with Gasteiger partial charge in [0.2, 0.25) is 0 Å². The van der Waals surface area contributed by atoms with Crippen molar-refractivity contribution >= 4 is 5.96 Å². The number of piperidine rings is 1. The van der Waals surface area contributed by atoms with E-state index in [0.29, 0.717) is 6.10 Å². The molecule has 1 N–H and O–H groups in total. The highest BCUT2D eigenvalue weighted by Gasteiger charge is 2.32. The molecule has 1 aromatic rings. The van der Waals surface area contributed by atoms with Crippen molar-refractivity contribution in [3.8, 4) is 0 Å². The van der Waals surface area contributed by atoms with Crippen molar-refractivity contribution in [3.05, 3.63) is 35.9 Å². The maximum absolute atomic E-state index is 6.17. The Morgan fingerprint density at radius 1 is 1.06 bits per heavy atom. The fourth-order valence-electron chi connectivity index (χ4n) is 4.92. The summed E-state index contributed by atoms with van der Waals surface area (Å²) in [5.74, 6) is 0.963. The highest BCUT2D eigenvalue weighted by atomic mass is 16.5. The maximum Gasteiger partial charge on any atom is 0.193 e. The third-order valence-electron chi connectivity index (χ3n) is 6.73. The summed E-state index contributed by atoms with van der Waals surface area (Å²) in [6.07, 6.45) is 6.28. The Kier molecular flexibility index (Phi) is 9.20. The molecule has 4 rings (SSSR count). The van der Waals surface area contributed by atoms with Crippen LogP contribution in [0.5, 0.6) is 0 Å². The van der Waals surface area contributed by atoms with Gasteiger partial charge >= 0.3 is 0 Å². The van der Waals surface area contributed by atoms with Gasteiger partial charge in [0.15, 0.2) is 5.96 Å². The lowest BCUT2D eigenvalue weighted by molar-refractivity contribution is -0.0817. The highest BCUT2D eigenvalue weighted by molar-refractivity contribution is 5.80. The quantitative estimate of drug-likeness (QED) is 0.378. The second-order valence-electron chi connectivity index (χ2n) is 9.07. The molecule has 7 nitrogen and oxygen atoms in total. The van der Waals surface area contributed by atoms with E-state index >= 15 is 0 Å². The fourth-order valence-corrected chi connectivity index (χ4v) is 4.92. The number of hydrogen-bond donors (Lipinski definition) is 1. The van der Waals surface area contributed by atoms with Crippen molar-refractivity contribution in [2.24, 2.45) is 4.99 Å². The topological polar surface area (TPSA) is 58.6 Å². The van der Waals surface area contributed by atoms with E-state index in [2.05, 4.69) is 50.4 Å². The predicted molar refractivity (Wildman–Crippen MR) is 127 cm³/mol. The van der Waals surface area contributed by atoms with Crippen LogP contribution in [-0.2, 0) is 20.8 Å². The highest BCUT2D eigenvalue weighted by Crippen LogP contribution is 2.21. The van der Waals surface area contributed by atoms with Crippen LogP contribution in [0, 0.1) is 0 Å². The summed E-state index contributed by atoms with van der Waals surface area (Å²) in [6.45, 7) is 8.28. The van der Waals surface area contributed by atoms with E-state index in [9.17, 15) is 0 Å². The maximum atomic E-state index is 6.17. The van der Waals surface area contributed by atoms with Crippen molar-refractivity contribution < 1.29 is 14.2 Å². The van der Waals surface area contributed by atoms with Crippen LogP contribution in [0.4, 0.5) is 0 Å². The van der Waals surface area contributed by atoms with E-state index in [0.717, 1.165) is 97.2 Å². The van der Waals surface area contributed by atoms with Crippen LogP contribution in [0.15, 0.2) is 35.3 Å². The Bertz CT molecular complexity index is 688. The molecule has 3 aliphatic heterocycles. The molecule has 32 heavy (non-hydrogen) atoms. The minimum Gasteiger partial charge on any atom is -0.378 e. The van der Waals surface area contributed by atoms with Gasteiger partial charge < -0.3 is 24.4 Å². The Morgan fingerprint density at radius 3 is 2.62 bits per heavy atom. The molecule has 2 unspecified atom stereocenters. The first-order valence-corrected chi connectivity index (χ1v) is 12.4. The van der Waals surface area contributed by atoms with E-state index in [-0.39, 0.29) is 12.2 Å². The van der Waals surface area contributed by atoms with E-state index in [1.807, 2.05) is 7.05 Å². The first kappa shape index (κ1) is 23.5. The number of nitrogens with one attached hydrogen (secondary N) is 1. The summed E-state index contributed by atoms with van der Waals surface area (Å²) in [5.41, 5.74) is 1.40. The lowest BCUT2D eigenvalue weighted by atomic mass is 10.1. The van der Waals surface area contributed by atoms with Crippen LogP contribution >= 0.6 is 0 Å². The van der Waals surface area contributed by atoms with Crippen molar-refractivity contribution in [1.82, 2.24) is 15.1 Å². The molecule has 0 spiro atoms. The standard InChI is InChI=1S/C25H40N4O3/c1-26-25(29-15-18-32-24(20-29)23-9-5-16-31-23)27-12-6-17-30-22-10-13-28(14-11-22)19-21-7-3-2-4-8-21/h2-4,7-8,22-24H,5-6,9-20H2,1H3,(H,26,27). The van der Waals surface area contributed by atoms with Crippen molar-refractivity contribution in [1.29, 1.82) is 0 Å². The Balaban J connectivity index is 1.08. The molecule has 3 heterocycles. The summed E-state index contributed by atoms with van der Waals surface area (Å²) in [6, 6.07) is 10.7. The van der Waals surface area contributed by atoms with E-state index in [1.165, 1.54) is 5.56 Å². The lowest BCUT2D eigenvalue weighted by Gasteiger charge is -2.37. The minimum atomic E-state index is 0.154. The van der Waals surface area contributed by atoms with Gasteiger partial charge in [-0.25, -0.2) is 0 Å². The monoisotopic (exact) mass is 444 g/mol. The number of aliphatic imine (C=N–C) groups is 1. The van der Waals surface area contributed by atoms with E-state index in [1.54, 1.807) is 0 Å². The molecular formula is C25H40N4O3. The van der Waals surface area contributed by atoms with Gasteiger partial charge in [-0.15, -0.1) is 0 Å². The fraction of sp³-hybridized carbons (Fsp3) is 0.720. The van der Waals surface area contributed by atoms with Gasteiger partial charge in [-0.05, 0) is 37.7 Å². The first-order chi connectivity index (χ1) is 15.8. The summed E-state index contributed by atoms with van der Waals surface area (Å²) in [4.78, 5) is 9.33. The number of hydrogen-bond acceptors (Lipinski definition) is 5. The van der Waals surface area contributed by atoms with Gasteiger partial charge in [-0.1, -0.05) is 30.3 Å². The Hall–Kier alpha value is -1.67. The van der Waals surface area contributed by atoms with Gasteiger partial charge in [-0.3, -0.25) is 9.89 Å². The molecule has 2 atom stereocenters. The molecule has 0 aromatic heterocycles. The summed E-state index contributed by atoms with van der Waals surface area (Å²) < 4.78 is 18.0. The number of benzene rings is 1. The van der Waals surface area contributed by atoms with Crippen LogP contribution in [-0.4, -0.2) is 93.7 Å². The normalized spacial score (nSPS) is 25.9. The number of morpholine rings is 1. The molecule has 3 fully saturated rings. The smallest absolute Gasteiger partial charge is 0.193 e. The molecule has 3 aliphatic rings. The third-order valence-corrected chi connectivity index (χ3v) is 6.73. The molecule has 7 heteroatoms. The van der Waals surface area contributed by atoms with Crippen molar-refractivity contribution in [3.63, 3.8) is 0 Å². The van der Waals surface area contributed by atoms with Gasteiger partial charge in [0.05, 0.1) is 18.8 Å². The minimum absolute atomic E-state index is 0.154. The zero-order valence-electron chi connectivity index (χ0n) is 19.6. The summed E-state index contributed by atoms with van der Waals surface area (Å²) in [7, 11) is 1.86. The molecule has 1 aromatic carbocycles. The summed E-state index contributed by atoms with van der Waals surface area (Å²) in [5, 5.41) is 3.51. The molecule has 3 saturated heterocycles. The lowest BCUT2D eigenvalue weighted by Crippen LogP contribution is -2.53. The number of rotatable bonds is 8. The zero-order valence-corrected chi connectivity index (χ0v) is 19.6. The van der Waals surface area contributed by atoms with Crippen molar-refractivity contribution in [2.75, 3.05) is 59.6 Å². The second-order valence-corrected chi connectivity index (χ2v) is 9.07. The van der Waals surface area contributed by atoms with E-state index < -0.39 is 0 Å². The average molecular weight is 445 g/mol. The largest absolute Gasteiger partial charge is 0.378 e. The van der Waals surface area contributed by atoms with Crippen LogP contribution in [0.3, 0.4) is 0 Å². The van der Waals surface area contributed by atoms with Crippen LogP contribution in [0.25, 0.3) is 0 Å². The van der Waals surface area contributed by atoms with Gasteiger partial charge in [0.25, 0.3) is 0 Å². The van der Waals surface area contributed by atoms with Gasteiger partial charge in [0.1, 0.15) is 6.10 Å². The number of guanidine groups is 1. The average Bonchev–Trinajstić information content (AvgIpc) is 3.38. The van der Waals surface area contributed by atoms with Gasteiger partial charge in [0, 0.05) is 59.5 Å². The second kappa shape index (κ2) is 12.5. The van der Waals surface area contributed by atoms with Crippen LogP contribution in [0.1, 0.15) is 37.7 Å². The molecule has 0 amide bonds. The zero-order chi connectivity index (χ0) is 22.0. The SMILES string of the molecule is CN=C(NCCCOC1CCN(Cc2ccccc2)CC1)N1CCOC(C2CCCO2)C1. The molecule has 178 valence electrons. The number of nitrogens with zero attached hydrogens (tertiary/aromatic N) is 3. The van der Waals surface area contributed by atoms with Crippen LogP contribution < -0.4 is 5.32 Å². The molecular weight excluding hydrogens is 404 g/mol. The van der Waals surface area contributed by atoms with Crippen LogP contribution in [0.2, 0.25) is 0 Å². The van der Waals surface area contributed by atoms with E-state index in [4.69, 9.17) is 14.2 Å². The van der Waals surface area contributed by atoms with Gasteiger partial charge in [-0.2, -0.15) is 0 Å². The summed E-state index contributed by atoms with van der Waals surface area (Å²) >= 11 is 0. The first-order valence-electron chi connectivity index (χ1n) is 12.4. The Morgan fingerprint density at radius 2 is 1.88 bits per heavy atom. The van der Waals surface area contributed by atoms with Crippen molar-refractivity contribution in [2.45, 2.75) is 57.0 Å². The number of likely N-dealkylation sites (tertiary alicyclic amines) is 1. The number of ether oxygens (including phenoxy) is 3.